The van der Waals surface area contributed by atoms with E-state index in [0.29, 0.717) is 18.0 Å². The SMILES string of the molecule is N[C@H]1CC[C@H](Nc2cc(C3CCCC3)nc3ccnn23)C1. The maximum absolute atomic E-state index is 6.03. The van der Waals surface area contributed by atoms with Gasteiger partial charge in [-0.15, -0.1) is 0 Å². The zero-order valence-corrected chi connectivity index (χ0v) is 12.3. The van der Waals surface area contributed by atoms with Crippen molar-refractivity contribution < 1.29 is 0 Å². The second kappa shape index (κ2) is 5.30. The van der Waals surface area contributed by atoms with Crippen LogP contribution in [0.2, 0.25) is 0 Å². The lowest BCUT2D eigenvalue weighted by Crippen LogP contribution is -2.22. The van der Waals surface area contributed by atoms with Crippen molar-refractivity contribution >= 4 is 11.5 Å². The third-order valence-corrected chi connectivity index (χ3v) is 4.98. The van der Waals surface area contributed by atoms with Gasteiger partial charge in [0.05, 0.1) is 6.20 Å². The Morgan fingerprint density at radius 1 is 1.19 bits per heavy atom. The first kappa shape index (κ1) is 13.1. The van der Waals surface area contributed by atoms with E-state index in [1.54, 1.807) is 0 Å². The number of rotatable bonds is 3. The number of nitrogens with zero attached hydrogens (tertiary/aromatic N) is 3. The van der Waals surface area contributed by atoms with Crippen molar-refractivity contribution in [2.24, 2.45) is 5.73 Å². The summed E-state index contributed by atoms with van der Waals surface area (Å²) in [5.41, 5.74) is 8.20. The Morgan fingerprint density at radius 2 is 2.05 bits per heavy atom. The van der Waals surface area contributed by atoms with Crippen LogP contribution in [0, 0.1) is 0 Å². The van der Waals surface area contributed by atoms with Gasteiger partial charge in [-0.2, -0.15) is 9.61 Å². The van der Waals surface area contributed by atoms with Crippen LogP contribution in [0.4, 0.5) is 5.82 Å². The predicted octanol–water partition coefficient (Wildman–Crippen LogP) is 2.68. The molecule has 5 nitrogen and oxygen atoms in total. The molecular formula is C16H23N5. The molecule has 21 heavy (non-hydrogen) atoms. The maximum Gasteiger partial charge on any atom is 0.157 e. The Labute approximate surface area is 124 Å². The highest BCUT2D eigenvalue weighted by Gasteiger charge is 2.24. The summed E-state index contributed by atoms with van der Waals surface area (Å²) in [7, 11) is 0. The minimum atomic E-state index is 0.340. The normalized spacial score (nSPS) is 26.7. The summed E-state index contributed by atoms with van der Waals surface area (Å²) in [6, 6.07) is 5.00. The zero-order valence-electron chi connectivity index (χ0n) is 12.3. The lowest BCUT2D eigenvalue weighted by atomic mass is 10.0. The van der Waals surface area contributed by atoms with Gasteiger partial charge in [-0.1, -0.05) is 12.8 Å². The molecule has 2 fully saturated rings. The molecule has 2 atom stereocenters. The van der Waals surface area contributed by atoms with Gasteiger partial charge in [0.25, 0.3) is 0 Å². The third-order valence-electron chi connectivity index (χ3n) is 4.98. The van der Waals surface area contributed by atoms with Gasteiger partial charge >= 0.3 is 0 Å². The van der Waals surface area contributed by atoms with E-state index >= 15 is 0 Å². The number of nitrogens with one attached hydrogen (secondary N) is 1. The number of aromatic nitrogens is 3. The maximum atomic E-state index is 6.03. The first-order valence-corrected chi connectivity index (χ1v) is 8.16. The molecule has 0 aliphatic heterocycles. The van der Waals surface area contributed by atoms with Crippen LogP contribution in [0.5, 0.6) is 0 Å². The third kappa shape index (κ3) is 2.50. The van der Waals surface area contributed by atoms with Crippen molar-refractivity contribution in [3.05, 3.63) is 24.0 Å². The van der Waals surface area contributed by atoms with E-state index in [0.717, 1.165) is 30.7 Å². The van der Waals surface area contributed by atoms with E-state index in [4.69, 9.17) is 10.7 Å². The first-order valence-electron chi connectivity index (χ1n) is 8.16. The second-order valence-electron chi connectivity index (χ2n) is 6.56. The molecule has 2 aromatic rings. The number of hydrogen-bond acceptors (Lipinski definition) is 4. The van der Waals surface area contributed by atoms with Crippen LogP contribution in [0.3, 0.4) is 0 Å². The van der Waals surface area contributed by atoms with Crippen LogP contribution >= 0.6 is 0 Å². The molecule has 4 rings (SSSR count). The molecule has 2 saturated carbocycles. The highest BCUT2D eigenvalue weighted by Crippen LogP contribution is 2.34. The van der Waals surface area contributed by atoms with Gasteiger partial charge in [0.15, 0.2) is 5.65 Å². The minimum Gasteiger partial charge on any atom is -0.367 e. The number of anilines is 1. The van der Waals surface area contributed by atoms with Gasteiger partial charge in [0.2, 0.25) is 0 Å². The molecule has 0 aromatic carbocycles. The zero-order chi connectivity index (χ0) is 14.2. The average molecular weight is 285 g/mol. The van der Waals surface area contributed by atoms with Gasteiger partial charge in [-0.25, -0.2) is 4.98 Å². The molecular weight excluding hydrogens is 262 g/mol. The molecule has 2 aromatic heterocycles. The van der Waals surface area contributed by atoms with Gasteiger partial charge < -0.3 is 11.1 Å². The van der Waals surface area contributed by atoms with Crippen LogP contribution in [0.1, 0.15) is 56.6 Å². The van der Waals surface area contributed by atoms with Gasteiger partial charge in [0.1, 0.15) is 5.82 Å². The summed E-state index contributed by atoms with van der Waals surface area (Å²) < 4.78 is 1.92. The first-order chi connectivity index (χ1) is 10.3. The molecule has 5 heteroatoms. The predicted molar refractivity (Wildman–Crippen MR) is 83.4 cm³/mol. The highest BCUT2D eigenvalue weighted by molar-refractivity contribution is 5.50. The van der Waals surface area contributed by atoms with Crippen molar-refractivity contribution in [3.8, 4) is 0 Å². The van der Waals surface area contributed by atoms with Gasteiger partial charge in [-0.3, -0.25) is 0 Å². The molecule has 0 unspecified atom stereocenters. The Bertz CT molecular complexity index is 629. The smallest absolute Gasteiger partial charge is 0.157 e. The van der Waals surface area contributed by atoms with Crippen molar-refractivity contribution in [1.29, 1.82) is 0 Å². The summed E-state index contributed by atoms with van der Waals surface area (Å²) in [6.07, 6.45) is 10.3. The van der Waals surface area contributed by atoms with E-state index in [1.165, 1.54) is 31.4 Å². The molecule has 2 aliphatic carbocycles. The van der Waals surface area contributed by atoms with E-state index < -0.39 is 0 Å². The highest BCUT2D eigenvalue weighted by atomic mass is 15.3. The molecule has 0 radical (unpaired) electrons. The van der Waals surface area contributed by atoms with Crippen molar-refractivity contribution in [3.63, 3.8) is 0 Å². The van der Waals surface area contributed by atoms with Crippen molar-refractivity contribution in [2.45, 2.75) is 62.9 Å². The molecule has 112 valence electrons. The number of fused-ring (bicyclic) bond motifs is 1. The van der Waals surface area contributed by atoms with Crippen LogP contribution in [-0.2, 0) is 0 Å². The fourth-order valence-corrected chi connectivity index (χ4v) is 3.82. The largest absolute Gasteiger partial charge is 0.367 e. The van der Waals surface area contributed by atoms with E-state index in [2.05, 4.69) is 16.5 Å². The molecule has 2 heterocycles. The quantitative estimate of drug-likeness (QED) is 0.909. The lowest BCUT2D eigenvalue weighted by molar-refractivity contribution is 0.678. The summed E-state index contributed by atoms with van der Waals surface area (Å²) in [6.45, 7) is 0. The molecule has 0 spiro atoms. The average Bonchev–Trinajstić information content (AvgIpc) is 3.18. The van der Waals surface area contributed by atoms with E-state index in [-0.39, 0.29) is 0 Å². The van der Waals surface area contributed by atoms with Crippen molar-refractivity contribution in [2.75, 3.05) is 5.32 Å². The summed E-state index contributed by atoms with van der Waals surface area (Å²) >= 11 is 0. The lowest BCUT2D eigenvalue weighted by Gasteiger charge is -2.17. The number of nitrogens with two attached hydrogens (primary N) is 1. The van der Waals surface area contributed by atoms with E-state index in [1.807, 2.05) is 16.8 Å². The Balaban J connectivity index is 1.66. The molecule has 0 amide bonds. The van der Waals surface area contributed by atoms with Crippen molar-refractivity contribution in [1.82, 2.24) is 14.6 Å². The fourth-order valence-electron chi connectivity index (χ4n) is 3.82. The monoisotopic (exact) mass is 285 g/mol. The van der Waals surface area contributed by atoms with Crippen LogP contribution in [0.15, 0.2) is 18.3 Å². The number of hydrogen-bond donors (Lipinski definition) is 2. The van der Waals surface area contributed by atoms with Crippen LogP contribution in [-0.4, -0.2) is 26.7 Å². The molecule has 2 aliphatic rings. The van der Waals surface area contributed by atoms with E-state index in [9.17, 15) is 0 Å². The van der Waals surface area contributed by atoms with Gasteiger partial charge in [0, 0.05) is 35.8 Å². The second-order valence-corrected chi connectivity index (χ2v) is 6.56. The Hall–Kier alpha value is -1.62. The summed E-state index contributed by atoms with van der Waals surface area (Å²) in [5.74, 6) is 1.70. The van der Waals surface area contributed by atoms with Crippen LogP contribution < -0.4 is 11.1 Å². The Kier molecular flexibility index (Phi) is 3.30. The molecule has 3 N–H and O–H groups in total. The summed E-state index contributed by atoms with van der Waals surface area (Å²) in [5, 5.41) is 8.05. The van der Waals surface area contributed by atoms with Crippen LogP contribution in [0.25, 0.3) is 5.65 Å². The molecule has 0 saturated heterocycles. The summed E-state index contributed by atoms with van der Waals surface area (Å²) in [4.78, 5) is 4.80. The topological polar surface area (TPSA) is 68.2 Å². The Morgan fingerprint density at radius 3 is 2.81 bits per heavy atom. The minimum absolute atomic E-state index is 0.340. The fraction of sp³-hybridized carbons (Fsp3) is 0.625. The van der Waals surface area contributed by atoms with Gasteiger partial charge in [-0.05, 0) is 32.1 Å². The molecule has 0 bridgehead atoms. The standard InChI is InChI=1S/C16H23N5/c17-12-5-6-13(9-12)19-16-10-14(11-3-1-2-4-11)20-15-7-8-18-21(15)16/h7-8,10-13,19H,1-6,9,17H2/t12-,13-/m0/s1.